The molecule has 1 fully saturated rings. The lowest BCUT2D eigenvalue weighted by Gasteiger charge is -2.32. The molecule has 3 nitrogen and oxygen atoms in total. The molecule has 4 heteroatoms. The van der Waals surface area contributed by atoms with Crippen LogP contribution in [0.25, 0.3) is 0 Å². The Bertz CT molecular complexity index is 507. The predicted octanol–water partition coefficient (Wildman–Crippen LogP) is 2.24. The van der Waals surface area contributed by atoms with Gasteiger partial charge in [-0.3, -0.25) is 4.99 Å². The average molecular weight is 243 g/mol. The fraction of sp³-hybridized carbons (Fsp3) is 0.500. The number of hydrogen-bond donors (Lipinski definition) is 0. The van der Waals surface area contributed by atoms with Crippen molar-refractivity contribution < 1.29 is 9.31 Å². The molecule has 94 valence electrons. The maximum absolute atomic E-state index is 6.05. The fourth-order valence-corrected chi connectivity index (χ4v) is 2.26. The summed E-state index contributed by atoms with van der Waals surface area (Å²) in [7, 11) is -0.277. The van der Waals surface area contributed by atoms with Crippen molar-refractivity contribution in [1.29, 1.82) is 0 Å². The van der Waals surface area contributed by atoms with Gasteiger partial charge >= 0.3 is 7.12 Å². The molecule has 2 heterocycles. The zero-order valence-electron chi connectivity index (χ0n) is 11.4. The second kappa shape index (κ2) is 3.68. The first-order valence-corrected chi connectivity index (χ1v) is 6.40. The van der Waals surface area contributed by atoms with Crippen LogP contribution in [0.1, 0.15) is 33.3 Å². The van der Waals surface area contributed by atoms with Gasteiger partial charge in [0.2, 0.25) is 0 Å². The van der Waals surface area contributed by atoms with E-state index < -0.39 is 0 Å². The van der Waals surface area contributed by atoms with Crippen LogP contribution in [-0.2, 0) is 15.7 Å². The first-order valence-electron chi connectivity index (χ1n) is 6.40. The Morgan fingerprint density at radius 1 is 1.11 bits per heavy atom. The third kappa shape index (κ3) is 1.71. The van der Waals surface area contributed by atoms with E-state index in [4.69, 9.17) is 9.31 Å². The van der Waals surface area contributed by atoms with Crippen LogP contribution in [0.3, 0.4) is 0 Å². The van der Waals surface area contributed by atoms with Gasteiger partial charge in [-0.05, 0) is 44.8 Å². The second-order valence-electron chi connectivity index (χ2n) is 5.99. The molecule has 0 bridgehead atoms. The Morgan fingerprint density at radius 2 is 1.78 bits per heavy atom. The summed E-state index contributed by atoms with van der Waals surface area (Å²) in [5, 5.41) is 0. The van der Waals surface area contributed by atoms with Gasteiger partial charge in [-0.15, -0.1) is 0 Å². The highest BCUT2D eigenvalue weighted by Gasteiger charge is 2.51. The Morgan fingerprint density at radius 3 is 2.44 bits per heavy atom. The van der Waals surface area contributed by atoms with Crippen LogP contribution >= 0.6 is 0 Å². The van der Waals surface area contributed by atoms with Crippen molar-refractivity contribution in [2.24, 2.45) is 4.99 Å². The Hall–Kier alpha value is -1.13. The molecule has 2 aliphatic rings. The SMILES string of the molecule is CC1(C)OB(c2ccc3c(c2)CC=N3)OC1(C)C. The summed E-state index contributed by atoms with van der Waals surface area (Å²) in [5.41, 5.74) is 2.83. The van der Waals surface area contributed by atoms with Crippen molar-refractivity contribution in [2.75, 3.05) is 0 Å². The highest BCUT2D eigenvalue weighted by atomic mass is 16.7. The summed E-state index contributed by atoms with van der Waals surface area (Å²) in [4.78, 5) is 4.32. The predicted molar refractivity (Wildman–Crippen MR) is 74.0 cm³/mol. The molecule has 1 aromatic rings. The van der Waals surface area contributed by atoms with E-state index >= 15 is 0 Å². The van der Waals surface area contributed by atoms with Crippen LogP contribution in [0, 0.1) is 0 Å². The summed E-state index contributed by atoms with van der Waals surface area (Å²) >= 11 is 0. The van der Waals surface area contributed by atoms with Gasteiger partial charge in [0.05, 0.1) is 16.9 Å². The van der Waals surface area contributed by atoms with Gasteiger partial charge < -0.3 is 9.31 Å². The third-order valence-corrected chi connectivity index (χ3v) is 4.17. The molecule has 1 aromatic carbocycles. The smallest absolute Gasteiger partial charge is 0.399 e. The van der Waals surface area contributed by atoms with Crippen LogP contribution in [0.5, 0.6) is 0 Å². The zero-order chi connectivity index (χ0) is 13.0. The average Bonchev–Trinajstić information content (AvgIpc) is 2.80. The van der Waals surface area contributed by atoms with Crippen molar-refractivity contribution in [3.8, 4) is 0 Å². The van der Waals surface area contributed by atoms with Crippen molar-refractivity contribution in [3.63, 3.8) is 0 Å². The van der Waals surface area contributed by atoms with Gasteiger partial charge in [0, 0.05) is 12.6 Å². The zero-order valence-corrected chi connectivity index (χ0v) is 11.4. The molecule has 0 amide bonds. The first kappa shape index (κ1) is 11.9. The molecule has 0 saturated carbocycles. The minimum absolute atomic E-state index is 0.277. The van der Waals surface area contributed by atoms with E-state index in [1.165, 1.54) is 5.56 Å². The number of benzene rings is 1. The maximum atomic E-state index is 6.05. The number of nitrogens with zero attached hydrogens (tertiary/aromatic N) is 1. The van der Waals surface area contributed by atoms with Crippen LogP contribution in [0.15, 0.2) is 23.2 Å². The van der Waals surface area contributed by atoms with Crippen LogP contribution in [0.2, 0.25) is 0 Å². The highest BCUT2D eigenvalue weighted by Crippen LogP contribution is 2.36. The van der Waals surface area contributed by atoms with Crippen LogP contribution < -0.4 is 5.46 Å². The topological polar surface area (TPSA) is 30.8 Å². The Labute approximate surface area is 108 Å². The summed E-state index contributed by atoms with van der Waals surface area (Å²) in [6.07, 6.45) is 2.85. The highest BCUT2D eigenvalue weighted by molar-refractivity contribution is 6.62. The number of aliphatic imine (C=N–C) groups is 1. The molecule has 0 atom stereocenters. The number of fused-ring (bicyclic) bond motifs is 1. The molecule has 0 aromatic heterocycles. The van der Waals surface area contributed by atoms with Gasteiger partial charge in [0.25, 0.3) is 0 Å². The molecule has 0 aliphatic carbocycles. The Kier molecular flexibility index (Phi) is 2.44. The second-order valence-corrected chi connectivity index (χ2v) is 5.99. The minimum atomic E-state index is -0.285. The molecule has 0 unspecified atom stereocenters. The molecule has 1 saturated heterocycles. The number of hydrogen-bond acceptors (Lipinski definition) is 3. The summed E-state index contributed by atoms with van der Waals surface area (Å²) in [6.45, 7) is 8.29. The van der Waals surface area contributed by atoms with Crippen LogP contribution in [0.4, 0.5) is 5.69 Å². The van der Waals surface area contributed by atoms with Gasteiger partial charge in [-0.1, -0.05) is 12.1 Å². The fourth-order valence-electron chi connectivity index (χ4n) is 2.26. The third-order valence-electron chi connectivity index (χ3n) is 4.17. The molecule has 3 rings (SSSR count). The van der Waals surface area contributed by atoms with E-state index in [1.807, 2.05) is 18.3 Å². The largest absolute Gasteiger partial charge is 0.494 e. The van der Waals surface area contributed by atoms with Crippen molar-refractivity contribution in [1.82, 2.24) is 0 Å². The summed E-state index contributed by atoms with van der Waals surface area (Å²) in [6, 6.07) is 6.23. The lowest BCUT2D eigenvalue weighted by Crippen LogP contribution is -2.41. The van der Waals surface area contributed by atoms with Gasteiger partial charge in [-0.2, -0.15) is 0 Å². The van der Waals surface area contributed by atoms with E-state index in [0.29, 0.717) is 0 Å². The minimum Gasteiger partial charge on any atom is -0.399 e. The van der Waals surface area contributed by atoms with Crippen molar-refractivity contribution >= 4 is 24.5 Å². The summed E-state index contributed by atoms with van der Waals surface area (Å²) in [5.74, 6) is 0. The van der Waals surface area contributed by atoms with E-state index in [0.717, 1.165) is 17.6 Å². The van der Waals surface area contributed by atoms with Crippen LogP contribution in [-0.4, -0.2) is 24.5 Å². The lowest BCUT2D eigenvalue weighted by molar-refractivity contribution is 0.00578. The van der Waals surface area contributed by atoms with Gasteiger partial charge in [0.1, 0.15) is 0 Å². The van der Waals surface area contributed by atoms with Gasteiger partial charge in [-0.25, -0.2) is 0 Å². The molecular formula is C14H18BNO2. The first-order chi connectivity index (χ1) is 8.39. The number of rotatable bonds is 1. The van der Waals surface area contributed by atoms with E-state index in [-0.39, 0.29) is 18.3 Å². The molecule has 18 heavy (non-hydrogen) atoms. The van der Waals surface area contributed by atoms with Crippen molar-refractivity contribution in [2.45, 2.75) is 45.3 Å². The summed E-state index contributed by atoms with van der Waals surface area (Å²) < 4.78 is 12.1. The molecule has 0 spiro atoms. The molecule has 2 aliphatic heterocycles. The standard InChI is InChI=1S/C14H18BNO2/c1-13(2)14(3,4)18-15(17-13)11-5-6-12-10(9-11)7-8-16-12/h5-6,8-9H,7H2,1-4H3. The van der Waals surface area contributed by atoms with E-state index in [1.54, 1.807) is 0 Å². The van der Waals surface area contributed by atoms with Crippen molar-refractivity contribution in [3.05, 3.63) is 23.8 Å². The monoisotopic (exact) mass is 243 g/mol. The molecule has 0 radical (unpaired) electrons. The Balaban J connectivity index is 1.90. The quantitative estimate of drug-likeness (QED) is 0.708. The van der Waals surface area contributed by atoms with E-state index in [2.05, 4.69) is 38.8 Å². The maximum Gasteiger partial charge on any atom is 0.494 e. The molecular weight excluding hydrogens is 225 g/mol. The molecule has 0 N–H and O–H groups in total. The lowest BCUT2D eigenvalue weighted by atomic mass is 9.78. The van der Waals surface area contributed by atoms with Gasteiger partial charge in [0.15, 0.2) is 0 Å². The van der Waals surface area contributed by atoms with E-state index in [9.17, 15) is 0 Å². The normalized spacial score (nSPS) is 23.4.